The van der Waals surface area contributed by atoms with Gasteiger partial charge in [0.05, 0.1) is 0 Å². The number of rotatable bonds is 3. The highest BCUT2D eigenvalue weighted by Crippen LogP contribution is 2.26. The molecule has 4 nitrogen and oxygen atoms in total. The molecule has 2 heterocycles. The van der Waals surface area contributed by atoms with E-state index in [2.05, 4.69) is 32.7 Å². The van der Waals surface area contributed by atoms with E-state index in [-0.39, 0.29) is 11.8 Å². The molecule has 1 amide bonds. The molecular weight excluding hydrogens is 262 g/mol. The number of likely N-dealkylation sites (tertiary alicyclic amines) is 1. The van der Waals surface area contributed by atoms with Crippen molar-refractivity contribution in [2.45, 2.75) is 46.5 Å². The van der Waals surface area contributed by atoms with Gasteiger partial charge in [0.2, 0.25) is 0 Å². The van der Waals surface area contributed by atoms with Crippen LogP contribution in [0.1, 0.15) is 62.5 Å². The van der Waals surface area contributed by atoms with Crippen molar-refractivity contribution in [1.82, 2.24) is 9.88 Å². The molecule has 0 aromatic carbocycles. The molecule has 2 N–H and O–H groups in total. The van der Waals surface area contributed by atoms with Gasteiger partial charge in [-0.2, -0.15) is 0 Å². The smallest absolute Gasteiger partial charge is 0.254 e. The second-order valence-electron chi connectivity index (χ2n) is 6.73. The summed E-state index contributed by atoms with van der Waals surface area (Å²) >= 11 is 0. The van der Waals surface area contributed by atoms with E-state index in [4.69, 9.17) is 5.73 Å². The maximum Gasteiger partial charge on any atom is 0.254 e. The third-order valence-electron chi connectivity index (χ3n) is 4.47. The summed E-state index contributed by atoms with van der Waals surface area (Å²) in [5, 5.41) is 0. The molecular formula is C17H27N3O. The van der Waals surface area contributed by atoms with E-state index in [9.17, 15) is 4.79 Å². The summed E-state index contributed by atoms with van der Waals surface area (Å²) < 4.78 is 0. The Morgan fingerprint density at radius 2 is 1.86 bits per heavy atom. The zero-order valence-electron chi connectivity index (χ0n) is 13.6. The molecule has 1 saturated heterocycles. The number of pyridine rings is 1. The summed E-state index contributed by atoms with van der Waals surface area (Å²) in [6.45, 7) is 10.3. The predicted molar refractivity (Wildman–Crippen MR) is 86.2 cm³/mol. The molecule has 1 aromatic rings. The Balaban J connectivity index is 2.11. The summed E-state index contributed by atoms with van der Waals surface area (Å²) in [5.41, 5.74) is 7.40. The lowest BCUT2D eigenvalue weighted by Crippen LogP contribution is -2.39. The van der Waals surface area contributed by atoms with Crippen LogP contribution in [0.15, 0.2) is 12.1 Å². The second-order valence-corrected chi connectivity index (χ2v) is 6.73. The molecule has 2 rings (SSSR count). The quantitative estimate of drug-likeness (QED) is 0.928. The Kier molecular flexibility index (Phi) is 4.86. The number of nitrogens with zero attached hydrogens (tertiary/aromatic N) is 2. The van der Waals surface area contributed by atoms with Gasteiger partial charge in [0.1, 0.15) is 5.82 Å². The van der Waals surface area contributed by atoms with Gasteiger partial charge >= 0.3 is 0 Å². The lowest BCUT2D eigenvalue weighted by atomic mass is 9.86. The fraction of sp³-hybridized carbons (Fsp3) is 0.647. The van der Waals surface area contributed by atoms with Crippen LogP contribution < -0.4 is 5.73 Å². The van der Waals surface area contributed by atoms with Crippen LogP contribution in [0, 0.1) is 11.8 Å². The van der Waals surface area contributed by atoms with Crippen LogP contribution in [0.5, 0.6) is 0 Å². The first-order valence-electron chi connectivity index (χ1n) is 7.95. The summed E-state index contributed by atoms with van der Waals surface area (Å²) in [4.78, 5) is 18.9. The van der Waals surface area contributed by atoms with Crippen LogP contribution in [-0.4, -0.2) is 28.9 Å². The highest BCUT2D eigenvalue weighted by Gasteiger charge is 2.25. The van der Waals surface area contributed by atoms with E-state index in [0.29, 0.717) is 17.3 Å². The van der Waals surface area contributed by atoms with Gasteiger partial charge in [0.15, 0.2) is 0 Å². The number of nitrogen functional groups attached to an aromatic ring is 1. The van der Waals surface area contributed by atoms with Gasteiger partial charge in [0.25, 0.3) is 5.91 Å². The van der Waals surface area contributed by atoms with E-state index in [1.165, 1.54) is 0 Å². The fourth-order valence-corrected chi connectivity index (χ4v) is 2.94. The molecule has 1 fully saturated rings. The molecule has 21 heavy (non-hydrogen) atoms. The first-order valence-corrected chi connectivity index (χ1v) is 7.95. The van der Waals surface area contributed by atoms with Crippen molar-refractivity contribution in [3.8, 4) is 0 Å². The first-order chi connectivity index (χ1) is 9.88. The minimum absolute atomic E-state index is 0.0909. The number of carbonyl (C=O) groups is 1. The van der Waals surface area contributed by atoms with Crippen molar-refractivity contribution >= 4 is 11.7 Å². The fourth-order valence-electron chi connectivity index (χ4n) is 2.94. The Morgan fingerprint density at radius 1 is 1.24 bits per heavy atom. The summed E-state index contributed by atoms with van der Waals surface area (Å²) in [6, 6.07) is 3.58. The molecule has 0 bridgehead atoms. The third kappa shape index (κ3) is 3.74. The van der Waals surface area contributed by atoms with Crippen molar-refractivity contribution in [3.63, 3.8) is 0 Å². The summed E-state index contributed by atoms with van der Waals surface area (Å²) in [7, 11) is 0. The molecule has 116 valence electrons. The lowest BCUT2D eigenvalue weighted by Gasteiger charge is -2.34. The minimum atomic E-state index is 0.0909. The average molecular weight is 289 g/mol. The van der Waals surface area contributed by atoms with Gasteiger partial charge in [-0.3, -0.25) is 4.79 Å². The number of piperidine rings is 1. The minimum Gasteiger partial charge on any atom is -0.384 e. The van der Waals surface area contributed by atoms with Crippen LogP contribution in [0.2, 0.25) is 0 Å². The zero-order valence-corrected chi connectivity index (χ0v) is 13.6. The van der Waals surface area contributed by atoms with Gasteiger partial charge < -0.3 is 10.6 Å². The molecule has 1 aliphatic heterocycles. The number of anilines is 1. The monoisotopic (exact) mass is 289 g/mol. The van der Waals surface area contributed by atoms with E-state index in [1.807, 2.05) is 11.0 Å². The normalized spacial score (nSPS) is 16.8. The van der Waals surface area contributed by atoms with E-state index in [0.717, 1.165) is 37.5 Å². The molecule has 1 aromatic heterocycles. The topological polar surface area (TPSA) is 59.2 Å². The largest absolute Gasteiger partial charge is 0.384 e. The van der Waals surface area contributed by atoms with Gasteiger partial charge in [0, 0.05) is 24.3 Å². The van der Waals surface area contributed by atoms with Crippen LogP contribution >= 0.6 is 0 Å². The van der Waals surface area contributed by atoms with Gasteiger partial charge in [-0.05, 0) is 42.7 Å². The highest BCUT2D eigenvalue weighted by atomic mass is 16.2. The molecule has 0 atom stereocenters. The highest BCUT2D eigenvalue weighted by molar-refractivity contribution is 5.95. The maximum atomic E-state index is 12.6. The number of nitrogens with two attached hydrogens (primary N) is 1. The van der Waals surface area contributed by atoms with E-state index in [1.54, 1.807) is 6.07 Å². The SMILES string of the molecule is CC(C)c1cc(C(=O)N2CCC(C(C)C)CC2)cc(N)n1. The van der Waals surface area contributed by atoms with Crippen molar-refractivity contribution in [2.24, 2.45) is 11.8 Å². The predicted octanol–water partition coefficient (Wildman–Crippen LogP) is 3.30. The number of carbonyl (C=O) groups excluding carboxylic acids is 1. The second kappa shape index (κ2) is 6.46. The average Bonchev–Trinajstić information content (AvgIpc) is 2.45. The van der Waals surface area contributed by atoms with Crippen LogP contribution in [0.25, 0.3) is 0 Å². The van der Waals surface area contributed by atoms with Crippen molar-refractivity contribution in [3.05, 3.63) is 23.4 Å². The van der Waals surface area contributed by atoms with Crippen LogP contribution in [0.4, 0.5) is 5.82 Å². The Morgan fingerprint density at radius 3 is 2.38 bits per heavy atom. The van der Waals surface area contributed by atoms with E-state index < -0.39 is 0 Å². The first kappa shape index (κ1) is 15.8. The number of amides is 1. The molecule has 0 unspecified atom stereocenters. The third-order valence-corrected chi connectivity index (χ3v) is 4.47. The van der Waals surface area contributed by atoms with Crippen LogP contribution in [0.3, 0.4) is 0 Å². The number of hydrogen-bond acceptors (Lipinski definition) is 3. The molecule has 0 spiro atoms. The van der Waals surface area contributed by atoms with Crippen molar-refractivity contribution < 1.29 is 4.79 Å². The Labute approximate surface area is 127 Å². The van der Waals surface area contributed by atoms with Crippen molar-refractivity contribution in [2.75, 3.05) is 18.8 Å². The molecule has 1 aliphatic rings. The van der Waals surface area contributed by atoms with Gasteiger partial charge in [-0.25, -0.2) is 4.98 Å². The van der Waals surface area contributed by atoms with E-state index >= 15 is 0 Å². The van der Waals surface area contributed by atoms with Crippen LogP contribution in [-0.2, 0) is 0 Å². The zero-order chi connectivity index (χ0) is 15.6. The lowest BCUT2D eigenvalue weighted by molar-refractivity contribution is 0.0667. The Hall–Kier alpha value is -1.58. The number of aromatic nitrogens is 1. The maximum absolute atomic E-state index is 12.6. The molecule has 0 saturated carbocycles. The standard InChI is InChI=1S/C17H27N3O/c1-11(2)13-5-7-20(8-6-13)17(21)14-9-15(12(3)4)19-16(18)10-14/h9-13H,5-8H2,1-4H3,(H2,18,19). The summed E-state index contributed by atoms with van der Waals surface area (Å²) in [5.74, 6) is 2.23. The summed E-state index contributed by atoms with van der Waals surface area (Å²) in [6.07, 6.45) is 2.20. The van der Waals surface area contributed by atoms with Crippen molar-refractivity contribution in [1.29, 1.82) is 0 Å². The molecule has 0 aliphatic carbocycles. The van der Waals surface area contributed by atoms with Gasteiger partial charge in [-0.1, -0.05) is 27.7 Å². The molecule has 0 radical (unpaired) electrons. The Bertz CT molecular complexity index is 503. The molecule has 4 heteroatoms. The number of hydrogen-bond donors (Lipinski definition) is 1. The van der Waals surface area contributed by atoms with Gasteiger partial charge in [-0.15, -0.1) is 0 Å².